The molecule has 0 aliphatic carbocycles. The fraction of sp³-hybridized carbons (Fsp3) is 0.538. The Bertz CT molecular complexity index is 418. The van der Waals surface area contributed by atoms with Gasteiger partial charge in [0.2, 0.25) is 0 Å². The molecule has 0 bridgehead atoms. The van der Waals surface area contributed by atoms with E-state index in [-0.39, 0.29) is 6.61 Å². The number of ether oxygens (including phenoxy) is 2. The molecule has 1 heterocycles. The summed E-state index contributed by atoms with van der Waals surface area (Å²) in [6.07, 6.45) is 1.68. The number of hydrogen-bond acceptors (Lipinski definition) is 3. The summed E-state index contributed by atoms with van der Waals surface area (Å²) >= 11 is 3.56. The van der Waals surface area contributed by atoms with Crippen LogP contribution < -0.4 is 9.47 Å². The molecule has 1 aliphatic rings. The van der Waals surface area contributed by atoms with E-state index in [0.717, 1.165) is 39.9 Å². The van der Waals surface area contributed by atoms with Crippen LogP contribution in [0.5, 0.6) is 11.5 Å². The molecule has 1 aromatic carbocycles. The Hall–Kier alpha value is -0.740. The predicted octanol–water partition coefficient (Wildman–Crippen LogP) is 3.01. The molecular formula is C13H17BrO3. The van der Waals surface area contributed by atoms with Gasteiger partial charge in [0.05, 0.1) is 18.2 Å². The number of aliphatic hydroxyl groups excluding tert-OH is 1. The molecule has 0 amide bonds. The van der Waals surface area contributed by atoms with Crippen molar-refractivity contribution < 1.29 is 14.6 Å². The van der Waals surface area contributed by atoms with Gasteiger partial charge in [0.15, 0.2) is 0 Å². The first-order valence-electron chi connectivity index (χ1n) is 5.79. The Morgan fingerprint density at radius 1 is 1.59 bits per heavy atom. The third-order valence-electron chi connectivity index (χ3n) is 3.22. The highest BCUT2D eigenvalue weighted by molar-refractivity contribution is 9.10. The van der Waals surface area contributed by atoms with E-state index in [2.05, 4.69) is 15.9 Å². The standard InChI is InChI=1S/C13H17BrO3/c1-8-7-10(16-2)11-9(3-5-15)4-6-17-13(11)12(8)14/h7,9,15H,3-6H2,1-2H3/t9-/m1/s1. The molecule has 1 N–H and O–H groups in total. The summed E-state index contributed by atoms with van der Waals surface area (Å²) in [5.74, 6) is 2.06. The predicted molar refractivity (Wildman–Crippen MR) is 70.0 cm³/mol. The van der Waals surface area contributed by atoms with Gasteiger partial charge in [0, 0.05) is 12.2 Å². The quantitative estimate of drug-likeness (QED) is 0.932. The van der Waals surface area contributed by atoms with Crippen LogP contribution >= 0.6 is 15.9 Å². The topological polar surface area (TPSA) is 38.7 Å². The lowest BCUT2D eigenvalue weighted by molar-refractivity contribution is 0.224. The Balaban J connectivity index is 2.54. The Labute approximate surface area is 110 Å². The minimum Gasteiger partial charge on any atom is -0.496 e. The van der Waals surface area contributed by atoms with Crippen molar-refractivity contribution in [2.24, 2.45) is 0 Å². The average Bonchev–Trinajstić information content (AvgIpc) is 2.34. The van der Waals surface area contributed by atoms with Gasteiger partial charge in [0.1, 0.15) is 11.5 Å². The maximum Gasteiger partial charge on any atom is 0.140 e. The van der Waals surface area contributed by atoms with Gasteiger partial charge in [-0.2, -0.15) is 0 Å². The zero-order valence-electron chi connectivity index (χ0n) is 10.1. The van der Waals surface area contributed by atoms with Crippen molar-refractivity contribution in [1.82, 2.24) is 0 Å². The molecule has 1 aromatic rings. The highest BCUT2D eigenvalue weighted by atomic mass is 79.9. The molecule has 0 fully saturated rings. The van der Waals surface area contributed by atoms with Crippen LogP contribution in [0.2, 0.25) is 0 Å². The molecule has 3 nitrogen and oxygen atoms in total. The SMILES string of the molecule is COc1cc(C)c(Br)c2c1[C@H](CCO)CCO2. The first kappa shape index (κ1) is 12.7. The van der Waals surface area contributed by atoms with Gasteiger partial charge < -0.3 is 14.6 Å². The fourth-order valence-corrected chi connectivity index (χ4v) is 2.78. The summed E-state index contributed by atoms with van der Waals surface area (Å²) in [5, 5.41) is 9.14. The van der Waals surface area contributed by atoms with E-state index in [1.807, 2.05) is 13.0 Å². The van der Waals surface area contributed by atoms with Gasteiger partial charge in [-0.25, -0.2) is 0 Å². The van der Waals surface area contributed by atoms with Crippen molar-refractivity contribution in [3.63, 3.8) is 0 Å². The molecule has 94 valence electrons. The molecule has 0 spiro atoms. The monoisotopic (exact) mass is 300 g/mol. The molecule has 1 aliphatic heterocycles. The van der Waals surface area contributed by atoms with Gasteiger partial charge >= 0.3 is 0 Å². The number of aryl methyl sites for hydroxylation is 1. The van der Waals surface area contributed by atoms with Crippen LogP contribution in [-0.2, 0) is 0 Å². The number of methoxy groups -OCH3 is 1. The number of aliphatic hydroxyl groups is 1. The Morgan fingerprint density at radius 2 is 2.35 bits per heavy atom. The first-order chi connectivity index (χ1) is 8.19. The van der Waals surface area contributed by atoms with Gasteiger partial charge in [-0.1, -0.05) is 0 Å². The minimum atomic E-state index is 0.193. The molecular weight excluding hydrogens is 284 g/mol. The van der Waals surface area contributed by atoms with E-state index in [9.17, 15) is 0 Å². The normalized spacial score (nSPS) is 18.5. The van der Waals surface area contributed by atoms with Crippen molar-refractivity contribution in [3.05, 3.63) is 21.7 Å². The lowest BCUT2D eigenvalue weighted by Crippen LogP contribution is -2.17. The Kier molecular flexibility index (Phi) is 3.94. The zero-order chi connectivity index (χ0) is 12.4. The van der Waals surface area contributed by atoms with E-state index in [1.54, 1.807) is 7.11 Å². The van der Waals surface area contributed by atoms with E-state index in [1.165, 1.54) is 0 Å². The highest BCUT2D eigenvalue weighted by Gasteiger charge is 2.27. The first-order valence-corrected chi connectivity index (χ1v) is 6.59. The van der Waals surface area contributed by atoms with Gasteiger partial charge in [0.25, 0.3) is 0 Å². The van der Waals surface area contributed by atoms with Gasteiger partial charge in [-0.15, -0.1) is 0 Å². The van der Waals surface area contributed by atoms with E-state index < -0.39 is 0 Å². The fourth-order valence-electron chi connectivity index (χ4n) is 2.34. The maximum absolute atomic E-state index is 9.14. The molecule has 0 saturated heterocycles. The summed E-state index contributed by atoms with van der Waals surface area (Å²) in [7, 11) is 1.67. The van der Waals surface area contributed by atoms with Crippen LogP contribution in [0.1, 0.15) is 29.9 Å². The largest absolute Gasteiger partial charge is 0.496 e. The van der Waals surface area contributed by atoms with E-state index >= 15 is 0 Å². The summed E-state index contributed by atoms with van der Waals surface area (Å²) in [5.41, 5.74) is 2.19. The van der Waals surface area contributed by atoms with Crippen LogP contribution in [0.4, 0.5) is 0 Å². The highest BCUT2D eigenvalue weighted by Crippen LogP contribution is 2.47. The number of hydrogen-bond donors (Lipinski definition) is 1. The molecule has 0 radical (unpaired) electrons. The second kappa shape index (κ2) is 5.27. The van der Waals surface area contributed by atoms with Crippen molar-refractivity contribution in [2.75, 3.05) is 20.3 Å². The minimum absolute atomic E-state index is 0.193. The second-order valence-electron chi connectivity index (χ2n) is 4.30. The Morgan fingerprint density at radius 3 is 3.00 bits per heavy atom. The number of benzene rings is 1. The molecule has 1 atom stereocenters. The van der Waals surface area contributed by atoms with E-state index in [4.69, 9.17) is 14.6 Å². The maximum atomic E-state index is 9.14. The molecule has 2 rings (SSSR count). The number of halogens is 1. The number of fused-ring (bicyclic) bond motifs is 1. The molecule has 4 heteroatoms. The number of rotatable bonds is 3. The summed E-state index contributed by atoms with van der Waals surface area (Å²) < 4.78 is 12.2. The molecule has 0 aromatic heterocycles. The van der Waals surface area contributed by atoms with Crippen molar-refractivity contribution in [3.8, 4) is 11.5 Å². The van der Waals surface area contributed by atoms with Crippen LogP contribution in [0.25, 0.3) is 0 Å². The molecule has 0 saturated carbocycles. The average molecular weight is 301 g/mol. The van der Waals surface area contributed by atoms with Crippen molar-refractivity contribution in [2.45, 2.75) is 25.7 Å². The third kappa shape index (κ3) is 2.29. The van der Waals surface area contributed by atoms with Crippen LogP contribution in [0, 0.1) is 6.92 Å². The van der Waals surface area contributed by atoms with Crippen molar-refractivity contribution in [1.29, 1.82) is 0 Å². The second-order valence-corrected chi connectivity index (χ2v) is 5.09. The summed E-state index contributed by atoms with van der Waals surface area (Å²) in [4.78, 5) is 0. The summed E-state index contributed by atoms with van der Waals surface area (Å²) in [6.45, 7) is 2.91. The van der Waals surface area contributed by atoms with Crippen LogP contribution in [0.3, 0.4) is 0 Å². The third-order valence-corrected chi connectivity index (χ3v) is 4.21. The smallest absolute Gasteiger partial charge is 0.140 e. The van der Waals surface area contributed by atoms with Gasteiger partial charge in [-0.3, -0.25) is 0 Å². The summed E-state index contributed by atoms with van der Waals surface area (Å²) in [6, 6.07) is 2.02. The van der Waals surface area contributed by atoms with Crippen LogP contribution in [0.15, 0.2) is 10.5 Å². The van der Waals surface area contributed by atoms with Gasteiger partial charge in [-0.05, 0) is 53.2 Å². The lowest BCUT2D eigenvalue weighted by atomic mass is 9.89. The van der Waals surface area contributed by atoms with E-state index in [0.29, 0.717) is 12.5 Å². The lowest BCUT2D eigenvalue weighted by Gasteiger charge is -2.28. The zero-order valence-corrected chi connectivity index (χ0v) is 11.7. The van der Waals surface area contributed by atoms with Crippen molar-refractivity contribution >= 4 is 15.9 Å². The molecule has 0 unspecified atom stereocenters. The molecule has 17 heavy (non-hydrogen) atoms. The van der Waals surface area contributed by atoms with Crippen LogP contribution in [-0.4, -0.2) is 25.4 Å².